The number of thioether (sulfide) groups is 1. The highest BCUT2D eigenvalue weighted by Gasteiger charge is 2.42. The predicted molar refractivity (Wildman–Crippen MR) is 110 cm³/mol. The van der Waals surface area contributed by atoms with Gasteiger partial charge in [-0.3, -0.25) is 9.48 Å². The van der Waals surface area contributed by atoms with E-state index in [1.54, 1.807) is 6.20 Å². The van der Waals surface area contributed by atoms with Crippen LogP contribution in [0.15, 0.2) is 17.3 Å². The third-order valence-electron chi connectivity index (χ3n) is 5.51. The van der Waals surface area contributed by atoms with E-state index in [0.29, 0.717) is 25.3 Å². The van der Waals surface area contributed by atoms with Gasteiger partial charge in [0, 0.05) is 17.5 Å². The van der Waals surface area contributed by atoms with Crippen LogP contribution in [0.5, 0.6) is 0 Å². The number of amides is 1. The molecule has 2 aromatic heterocycles. The van der Waals surface area contributed by atoms with Crippen molar-refractivity contribution in [3.05, 3.63) is 34.1 Å². The predicted octanol–water partition coefficient (Wildman–Crippen LogP) is 1.54. The molecule has 1 atom stereocenters. The fraction of sp³-hybridized carbons (Fsp3) is 0.474. The number of nitrogens with two attached hydrogens (primary N) is 1. The number of allylic oxidation sites excluding steroid dienone is 1. The molecular formula is C19H23N7O2S. The molecule has 2 aromatic rings. The number of anilines is 1. The van der Waals surface area contributed by atoms with E-state index < -0.39 is 0 Å². The molecule has 0 bridgehead atoms. The molecule has 5 rings (SSSR count). The Morgan fingerprint density at radius 3 is 2.90 bits per heavy atom. The normalized spacial score (nSPS) is 22.2. The first kappa shape index (κ1) is 18.4. The van der Waals surface area contributed by atoms with E-state index in [0.717, 1.165) is 28.2 Å². The number of aromatic nitrogens is 4. The van der Waals surface area contributed by atoms with Crippen molar-refractivity contribution in [1.29, 1.82) is 0 Å². The zero-order chi connectivity index (χ0) is 20.3. The summed E-state index contributed by atoms with van der Waals surface area (Å²) in [4.78, 5) is 21.9. The first-order chi connectivity index (χ1) is 13.8. The summed E-state index contributed by atoms with van der Waals surface area (Å²) in [5.41, 5.74) is 10.4. The summed E-state index contributed by atoms with van der Waals surface area (Å²) in [6, 6.07) is 0.0751. The number of carbonyl (C=O) groups is 1. The molecule has 0 saturated carbocycles. The van der Waals surface area contributed by atoms with Gasteiger partial charge in [0.1, 0.15) is 0 Å². The van der Waals surface area contributed by atoms with Crippen LogP contribution >= 0.6 is 11.8 Å². The molecule has 1 saturated heterocycles. The maximum absolute atomic E-state index is 13.2. The van der Waals surface area contributed by atoms with Gasteiger partial charge in [-0.1, -0.05) is 25.6 Å². The number of nitrogen functional groups attached to an aromatic ring is 1. The average Bonchev–Trinajstić information content (AvgIpc) is 3.19. The first-order valence-corrected chi connectivity index (χ1v) is 10.5. The number of hydrogen-bond donors (Lipinski definition) is 3. The molecule has 1 unspecified atom stereocenters. The van der Waals surface area contributed by atoms with Gasteiger partial charge in [0.2, 0.25) is 5.95 Å². The maximum atomic E-state index is 13.2. The van der Waals surface area contributed by atoms with Crippen LogP contribution in [0.25, 0.3) is 11.4 Å². The second-order valence-electron chi connectivity index (χ2n) is 8.31. The first-order valence-electron chi connectivity index (χ1n) is 9.55. The molecule has 29 heavy (non-hydrogen) atoms. The van der Waals surface area contributed by atoms with E-state index in [9.17, 15) is 4.79 Å². The summed E-state index contributed by atoms with van der Waals surface area (Å²) in [7, 11) is 0. The third-order valence-corrected chi connectivity index (χ3v) is 6.51. The van der Waals surface area contributed by atoms with Crippen molar-refractivity contribution in [2.24, 2.45) is 0 Å². The van der Waals surface area contributed by atoms with E-state index >= 15 is 0 Å². The Hall–Kier alpha value is -2.59. The lowest BCUT2D eigenvalue weighted by atomic mass is 9.73. The van der Waals surface area contributed by atoms with Crippen LogP contribution in [0.3, 0.4) is 0 Å². The van der Waals surface area contributed by atoms with Gasteiger partial charge in [-0.2, -0.15) is 5.10 Å². The lowest BCUT2D eigenvalue weighted by Gasteiger charge is -2.34. The topological polar surface area (TPSA) is 120 Å². The van der Waals surface area contributed by atoms with E-state index in [-0.39, 0.29) is 28.8 Å². The molecule has 2 aliphatic heterocycles. The fourth-order valence-corrected chi connectivity index (χ4v) is 4.95. The monoisotopic (exact) mass is 413 g/mol. The van der Waals surface area contributed by atoms with Gasteiger partial charge >= 0.3 is 0 Å². The number of hydrogen-bond acceptors (Lipinski definition) is 8. The Balaban J connectivity index is 1.63. The van der Waals surface area contributed by atoms with Gasteiger partial charge < -0.3 is 21.1 Å². The molecule has 152 valence electrons. The maximum Gasteiger partial charge on any atom is 0.274 e. The van der Waals surface area contributed by atoms with Crippen LogP contribution in [-0.2, 0) is 16.6 Å². The zero-order valence-corrected chi connectivity index (χ0v) is 17.3. The van der Waals surface area contributed by atoms with E-state index in [1.807, 2.05) is 17.0 Å². The molecular weight excluding hydrogens is 390 g/mol. The molecule has 0 aromatic carbocycles. The number of fused-ring (bicyclic) bond motifs is 3. The second-order valence-corrected chi connectivity index (χ2v) is 9.28. The molecule has 4 heterocycles. The van der Waals surface area contributed by atoms with Crippen LogP contribution in [0, 0.1) is 0 Å². The van der Waals surface area contributed by atoms with Gasteiger partial charge in [0.25, 0.3) is 5.91 Å². The lowest BCUT2D eigenvalue weighted by molar-refractivity contribution is -0.0280. The highest BCUT2D eigenvalue weighted by atomic mass is 32.2. The highest BCUT2D eigenvalue weighted by molar-refractivity contribution is 8.02. The number of carbonyl (C=O) groups excluding carboxylic acids is 1. The quantitative estimate of drug-likeness (QED) is 0.693. The number of nitrogens with one attached hydrogen (secondary N) is 2. The second kappa shape index (κ2) is 6.46. The Kier molecular flexibility index (Phi) is 4.11. The molecule has 3 aliphatic rings. The summed E-state index contributed by atoms with van der Waals surface area (Å²) in [5, 5.41) is 13.0. The largest absolute Gasteiger partial charge is 0.377 e. The number of nitrogens with zero attached hydrogens (tertiary/aromatic N) is 4. The van der Waals surface area contributed by atoms with Crippen molar-refractivity contribution < 1.29 is 9.53 Å². The smallest absolute Gasteiger partial charge is 0.274 e. The lowest BCUT2D eigenvalue weighted by Crippen LogP contribution is -2.41. The molecule has 0 radical (unpaired) electrons. The van der Waals surface area contributed by atoms with Gasteiger partial charge in [0.05, 0.1) is 30.6 Å². The van der Waals surface area contributed by atoms with Gasteiger partial charge in [-0.25, -0.2) is 9.97 Å². The van der Waals surface area contributed by atoms with Crippen molar-refractivity contribution in [3.63, 3.8) is 0 Å². The Bertz CT molecular complexity index is 1040. The van der Waals surface area contributed by atoms with Crippen molar-refractivity contribution in [1.82, 2.24) is 30.4 Å². The van der Waals surface area contributed by atoms with Crippen LogP contribution in [0.4, 0.5) is 5.95 Å². The Morgan fingerprint density at radius 2 is 2.24 bits per heavy atom. The fourth-order valence-electron chi connectivity index (χ4n) is 4.11. The number of ether oxygens (including phenoxy) is 1. The van der Waals surface area contributed by atoms with Gasteiger partial charge in [-0.15, -0.1) is 0 Å². The van der Waals surface area contributed by atoms with Crippen molar-refractivity contribution in [2.75, 3.05) is 18.9 Å². The van der Waals surface area contributed by atoms with Crippen molar-refractivity contribution in [3.8, 4) is 11.4 Å². The Morgan fingerprint density at radius 1 is 1.45 bits per heavy atom. The zero-order valence-electron chi connectivity index (χ0n) is 16.5. The molecule has 4 N–H and O–H groups in total. The van der Waals surface area contributed by atoms with Gasteiger partial charge in [0.15, 0.2) is 11.2 Å². The SMILES string of the molecule is CC1=CSC(NC(=O)c2nn(C3COC3)c3c2C(C)(C)Cc2cnc(N)nc2-3)N1. The molecule has 1 amide bonds. The van der Waals surface area contributed by atoms with Crippen LogP contribution in [-0.4, -0.2) is 44.4 Å². The minimum Gasteiger partial charge on any atom is -0.377 e. The third kappa shape index (κ3) is 2.98. The van der Waals surface area contributed by atoms with Crippen LogP contribution in [0.2, 0.25) is 0 Å². The standard InChI is InChI=1S/C19H23N7O2S/c1-9-8-29-18(22-9)24-16(27)14-12-15(26(25-14)11-6-28-7-11)13-10(4-19(12,2)3)5-21-17(20)23-13/h5,8,11,18,22H,4,6-7H2,1-3H3,(H,24,27)(H2,20,21,23). The minimum absolute atomic E-state index is 0.0751. The summed E-state index contributed by atoms with van der Waals surface area (Å²) in [6.07, 6.45) is 2.49. The molecule has 9 nitrogen and oxygen atoms in total. The van der Waals surface area contributed by atoms with E-state index in [1.165, 1.54) is 11.8 Å². The van der Waals surface area contributed by atoms with Crippen LogP contribution in [0.1, 0.15) is 48.4 Å². The van der Waals surface area contributed by atoms with E-state index in [2.05, 4.69) is 34.4 Å². The highest BCUT2D eigenvalue weighted by Crippen LogP contribution is 2.45. The molecule has 10 heteroatoms. The van der Waals surface area contributed by atoms with E-state index in [4.69, 9.17) is 15.6 Å². The van der Waals surface area contributed by atoms with Crippen molar-refractivity contribution >= 4 is 23.6 Å². The summed E-state index contributed by atoms with van der Waals surface area (Å²) < 4.78 is 7.30. The van der Waals surface area contributed by atoms with Gasteiger partial charge in [-0.05, 0) is 29.7 Å². The molecule has 1 fully saturated rings. The minimum atomic E-state index is -0.304. The average molecular weight is 414 g/mol. The van der Waals surface area contributed by atoms with Crippen molar-refractivity contribution in [2.45, 2.75) is 44.1 Å². The molecule has 0 spiro atoms. The summed E-state index contributed by atoms with van der Waals surface area (Å²) >= 11 is 1.53. The Labute approximate surface area is 172 Å². The van der Waals surface area contributed by atoms with Crippen LogP contribution < -0.4 is 16.4 Å². The summed E-state index contributed by atoms with van der Waals surface area (Å²) in [5.74, 6) is 0.0121. The number of rotatable bonds is 3. The summed E-state index contributed by atoms with van der Waals surface area (Å²) in [6.45, 7) is 7.35. The molecule has 1 aliphatic carbocycles.